The molecule has 190 valence electrons. The van der Waals surface area contributed by atoms with E-state index in [9.17, 15) is 9.59 Å². The van der Waals surface area contributed by atoms with Crippen LogP contribution in [0.15, 0.2) is 30.3 Å². The van der Waals surface area contributed by atoms with Gasteiger partial charge in [-0.1, -0.05) is 69.4 Å². The van der Waals surface area contributed by atoms with E-state index in [1.54, 1.807) is 7.05 Å². The Balaban J connectivity index is 1.60. The summed E-state index contributed by atoms with van der Waals surface area (Å²) < 4.78 is 0. The van der Waals surface area contributed by atoms with E-state index in [0.717, 1.165) is 64.7 Å². The maximum absolute atomic E-state index is 13.7. The molecule has 0 aromatic heterocycles. The number of hydrogen-bond donors (Lipinski definition) is 2. The SMILES string of the molecule is CCCCCCC[C@H](NC(=O)[C@H](C)NC)C(=O)N1CC[C@H]2CCN(CCc3ccccc3)C[C@H]21. The standard InChI is InChI=1S/C28H46N4O2/c1-4-5-6-7-11-14-25(30-27(33)22(2)29-3)28(34)32-20-17-24-16-19-31(21-26(24)32)18-15-23-12-9-8-10-13-23/h8-10,12-13,22,24-26,29H,4-7,11,14-21H2,1-3H3,(H,30,33)/t22-,24+,25-,26+/m0/s1. The summed E-state index contributed by atoms with van der Waals surface area (Å²) in [6, 6.07) is 10.2. The summed E-state index contributed by atoms with van der Waals surface area (Å²) in [7, 11) is 1.78. The third-order valence-electron chi connectivity index (χ3n) is 7.83. The van der Waals surface area contributed by atoms with E-state index in [1.807, 2.05) is 6.92 Å². The van der Waals surface area contributed by atoms with Crippen LogP contribution in [0.25, 0.3) is 0 Å². The fraction of sp³-hybridized carbons (Fsp3) is 0.714. The van der Waals surface area contributed by atoms with Gasteiger partial charge in [0, 0.05) is 25.7 Å². The molecule has 2 amide bonds. The number of hydrogen-bond acceptors (Lipinski definition) is 4. The molecule has 34 heavy (non-hydrogen) atoms. The van der Waals surface area contributed by atoms with Gasteiger partial charge in [-0.15, -0.1) is 0 Å². The minimum atomic E-state index is -0.414. The number of carbonyl (C=O) groups excluding carboxylic acids is 2. The summed E-state index contributed by atoms with van der Waals surface area (Å²) in [6.07, 6.45) is 9.77. The van der Waals surface area contributed by atoms with Crippen LogP contribution >= 0.6 is 0 Å². The molecule has 0 unspecified atom stereocenters. The Labute approximate surface area is 206 Å². The van der Waals surface area contributed by atoms with E-state index in [-0.39, 0.29) is 23.9 Å². The smallest absolute Gasteiger partial charge is 0.245 e. The molecule has 2 saturated heterocycles. The number of rotatable bonds is 13. The van der Waals surface area contributed by atoms with E-state index in [1.165, 1.54) is 24.8 Å². The minimum absolute atomic E-state index is 0.0849. The van der Waals surface area contributed by atoms with Gasteiger partial charge in [-0.05, 0) is 57.7 Å². The molecule has 6 heteroatoms. The summed E-state index contributed by atoms with van der Waals surface area (Å²) in [5, 5.41) is 6.08. The second-order valence-electron chi connectivity index (χ2n) is 10.2. The molecule has 2 aliphatic rings. The van der Waals surface area contributed by atoms with Gasteiger partial charge >= 0.3 is 0 Å². The Morgan fingerprint density at radius 3 is 2.53 bits per heavy atom. The van der Waals surface area contributed by atoms with Gasteiger partial charge in [0.15, 0.2) is 0 Å². The van der Waals surface area contributed by atoms with Crippen molar-refractivity contribution in [2.24, 2.45) is 5.92 Å². The molecule has 0 radical (unpaired) electrons. The maximum atomic E-state index is 13.7. The zero-order valence-electron chi connectivity index (χ0n) is 21.6. The second kappa shape index (κ2) is 13.8. The van der Waals surface area contributed by atoms with Gasteiger partial charge in [-0.2, -0.15) is 0 Å². The molecule has 2 N–H and O–H groups in total. The molecule has 6 nitrogen and oxygen atoms in total. The van der Waals surface area contributed by atoms with E-state index in [0.29, 0.717) is 5.92 Å². The number of unbranched alkanes of at least 4 members (excludes halogenated alkanes) is 4. The van der Waals surface area contributed by atoms with Gasteiger partial charge in [0.05, 0.1) is 6.04 Å². The molecule has 0 bridgehead atoms. The topological polar surface area (TPSA) is 64.7 Å². The molecule has 0 spiro atoms. The first-order valence-electron chi connectivity index (χ1n) is 13.6. The van der Waals surface area contributed by atoms with Crippen LogP contribution in [0.5, 0.6) is 0 Å². The maximum Gasteiger partial charge on any atom is 0.245 e. The molecular formula is C28H46N4O2. The molecule has 2 aliphatic heterocycles. The predicted octanol–water partition coefficient (Wildman–Crippen LogP) is 3.61. The molecule has 4 atom stereocenters. The lowest BCUT2D eigenvalue weighted by molar-refractivity contribution is -0.138. The van der Waals surface area contributed by atoms with Crippen LogP contribution in [0.4, 0.5) is 0 Å². The average Bonchev–Trinajstić information content (AvgIpc) is 3.29. The zero-order chi connectivity index (χ0) is 24.3. The summed E-state index contributed by atoms with van der Waals surface area (Å²) in [5.74, 6) is 0.636. The fourth-order valence-electron chi connectivity index (χ4n) is 5.45. The van der Waals surface area contributed by atoms with Crippen molar-refractivity contribution < 1.29 is 9.59 Å². The van der Waals surface area contributed by atoms with Gasteiger partial charge in [-0.3, -0.25) is 9.59 Å². The highest BCUT2D eigenvalue weighted by molar-refractivity contribution is 5.90. The Morgan fingerprint density at radius 2 is 1.79 bits per heavy atom. The first-order chi connectivity index (χ1) is 16.5. The molecule has 0 aliphatic carbocycles. The molecule has 3 rings (SSSR count). The number of piperidine rings is 1. The number of nitrogens with one attached hydrogen (secondary N) is 2. The van der Waals surface area contributed by atoms with Gasteiger partial charge in [0.25, 0.3) is 0 Å². The fourth-order valence-corrected chi connectivity index (χ4v) is 5.45. The number of fused-ring (bicyclic) bond motifs is 1. The lowest BCUT2D eigenvalue weighted by atomic mass is 9.91. The number of amides is 2. The van der Waals surface area contributed by atoms with E-state index in [2.05, 4.69) is 57.7 Å². The van der Waals surface area contributed by atoms with E-state index < -0.39 is 6.04 Å². The van der Waals surface area contributed by atoms with E-state index >= 15 is 0 Å². The average molecular weight is 471 g/mol. The van der Waals surface area contributed by atoms with E-state index in [4.69, 9.17) is 0 Å². The Hall–Kier alpha value is -1.92. The first-order valence-corrected chi connectivity index (χ1v) is 13.6. The van der Waals surface area contributed by atoms with Crippen LogP contribution in [-0.4, -0.2) is 73.0 Å². The van der Waals surface area contributed by atoms with Crippen molar-refractivity contribution >= 4 is 11.8 Å². The van der Waals surface area contributed by atoms with Gasteiger partial charge in [0.2, 0.25) is 11.8 Å². The number of benzene rings is 1. The molecule has 2 heterocycles. The zero-order valence-corrected chi connectivity index (χ0v) is 21.6. The van der Waals surface area contributed by atoms with Crippen molar-refractivity contribution in [1.82, 2.24) is 20.4 Å². The molecule has 0 saturated carbocycles. The Kier molecular flexibility index (Phi) is 10.9. The lowest BCUT2D eigenvalue weighted by Crippen LogP contribution is -2.56. The van der Waals surface area contributed by atoms with Crippen molar-refractivity contribution in [1.29, 1.82) is 0 Å². The van der Waals surface area contributed by atoms with Crippen LogP contribution in [0.2, 0.25) is 0 Å². The molecular weight excluding hydrogens is 424 g/mol. The van der Waals surface area contributed by atoms with Crippen LogP contribution in [0.3, 0.4) is 0 Å². The largest absolute Gasteiger partial charge is 0.343 e. The third-order valence-corrected chi connectivity index (χ3v) is 7.83. The van der Waals surface area contributed by atoms with Crippen molar-refractivity contribution in [3.8, 4) is 0 Å². The quantitative estimate of drug-likeness (QED) is 0.432. The summed E-state index contributed by atoms with van der Waals surface area (Å²) in [5.41, 5.74) is 1.37. The lowest BCUT2D eigenvalue weighted by Gasteiger charge is -2.39. The summed E-state index contributed by atoms with van der Waals surface area (Å²) in [6.45, 7) is 7.98. The number of nitrogens with zero attached hydrogens (tertiary/aromatic N) is 2. The van der Waals surface area contributed by atoms with Crippen LogP contribution in [0, 0.1) is 5.92 Å². The normalized spacial score (nSPS) is 22.3. The summed E-state index contributed by atoms with van der Waals surface area (Å²) >= 11 is 0. The van der Waals surface area contributed by atoms with Gasteiger partial charge in [0.1, 0.15) is 6.04 Å². The number of likely N-dealkylation sites (N-methyl/N-ethyl adjacent to an activating group) is 1. The minimum Gasteiger partial charge on any atom is -0.343 e. The summed E-state index contributed by atoms with van der Waals surface area (Å²) in [4.78, 5) is 31.0. The van der Waals surface area contributed by atoms with Crippen molar-refractivity contribution in [3.05, 3.63) is 35.9 Å². The highest BCUT2D eigenvalue weighted by Gasteiger charge is 2.42. The molecule has 1 aromatic carbocycles. The Bertz CT molecular complexity index is 756. The molecule has 2 fully saturated rings. The van der Waals surface area contributed by atoms with Crippen molar-refractivity contribution in [2.45, 2.75) is 89.8 Å². The van der Waals surface area contributed by atoms with Crippen molar-refractivity contribution in [2.75, 3.05) is 33.2 Å². The van der Waals surface area contributed by atoms with Gasteiger partial charge < -0.3 is 20.4 Å². The third kappa shape index (κ3) is 7.54. The monoisotopic (exact) mass is 470 g/mol. The predicted molar refractivity (Wildman–Crippen MR) is 139 cm³/mol. The van der Waals surface area contributed by atoms with Gasteiger partial charge in [-0.25, -0.2) is 0 Å². The number of carbonyl (C=O) groups is 2. The second-order valence-corrected chi connectivity index (χ2v) is 10.2. The van der Waals surface area contributed by atoms with Crippen molar-refractivity contribution in [3.63, 3.8) is 0 Å². The van der Waals surface area contributed by atoms with Crippen LogP contribution in [0.1, 0.15) is 70.8 Å². The number of likely N-dealkylation sites (tertiary alicyclic amines) is 2. The van der Waals surface area contributed by atoms with Crippen LogP contribution in [-0.2, 0) is 16.0 Å². The Morgan fingerprint density at radius 1 is 1.06 bits per heavy atom. The highest BCUT2D eigenvalue weighted by Crippen LogP contribution is 2.32. The van der Waals surface area contributed by atoms with Crippen LogP contribution < -0.4 is 10.6 Å². The highest BCUT2D eigenvalue weighted by atomic mass is 16.2. The first kappa shape index (κ1) is 26.7. The molecule has 1 aromatic rings.